The molecule has 2 N–H and O–H groups in total. The van der Waals surface area contributed by atoms with Crippen molar-refractivity contribution >= 4 is 11.7 Å². The zero-order valence-electron chi connectivity index (χ0n) is 9.21. The lowest BCUT2D eigenvalue weighted by Crippen LogP contribution is -2.04. The minimum atomic E-state index is -0.623. The number of benzene rings is 1. The number of carbonyl (C=O) groups excluding carboxylic acids is 1. The second-order valence-corrected chi connectivity index (χ2v) is 3.27. The van der Waals surface area contributed by atoms with Crippen LogP contribution in [0.5, 0.6) is 0 Å². The van der Waals surface area contributed by atoms with Crippen molar-refractivity contribution in [3.63, 3.8) is 0 Å². The molecule has 1 heterocycles. The van der Waals surface area contributed by atoms with Crippen LogP contribution in [0.25, 0.3) is 11.4 Å². The first-order valence-corrected chi connectivity index (χ1v) is 5.07. The predicted molar refractivity (Wildman–Crippen MR) is 60.1 cm³/mol. The van der Waals surface area contributed by atoms with E-state index >= 15 is 0 Å². The van der Waals surface area contributed by atoms with E-state index in [1.54, 1.807) is 31.2 Å². The first-order chi connectivity index (χ1) is 8.20. The van der Waals surface area contributed by atoms with Crippen LogP contribution in [-0.2, 0) is 4.74 Å². The summed E-state index contributed by atoms with van der Waals surface area (Å²) in [6.07, 6.45) is 0. The molecule has 0 amide bonds. The van der Waals surface area contributed by atoms with Crippen molar-refractivity contribution in [1.82, 2.24) is 10.1 Å². The van der Waals surface area contributed by atoms with Crippen molar-refractivity contribution in [3.05, 3.63) is 30.2 Å². The van der Waals surface area contributed by atoms with Gasteiger partial charge < -0.3 is 15.0 Å². The highest BCUT2D eigenvalue weighted by molar-refractivity contribution is 5.84. The lowest BCUT2D eigenvalue weighted by Gasteiger charge is -1.95. The largest absolute Gasteiger partial charge is 0.459 e. The molecule has 1 aromatic heterocycles. The Morgan fingerprint density at radius 3 is 2.76 bits per heavy atom. The summed E-state index contributed by atoms with van der Waals surface area (Å²) < 4.78 is 9.54. The quantitative estimate of drug-likeness (QED) is 0.638. The van der Waals surface area contributed by atoms with E-state index in [9.17, 15) is 4.79 Å². The van der Waals surface area contributed by atoms with E-state index in [0.717, 1.165) is 5.56 Å². The normalized spacial score (nSPS) is 10.2. The number of hydrogen-bond acceptors (Lipinski definition) is 6. The van der Waals surface area contributed by atoms with Gasteiger partial charge in [-0.05, 0) is 31.2 Å². The molecule has 0 saturated carbocycles. The second-order valence-electron chi connectivity index (χ2n) is 3.27. The van der Waals surface area contributed by atoms with Gasteiger partial charge >= 0.3 is 11.9 Å². The van der Waals surface area contributed by atoms with Gasteiger partial charge in [0.25, 0.3) is 0 Å². The Kier molecular flexibility index (Phi) is 3.04. The minimum absolute atomic E-state index is 0.154. The molecular formula is C11H11N3O3. The van der Waals surface area contributed by atoms with Gasteiger partial charge in [-0.15, -0.1) is 0 Å². The average molecular weight is 233 g/mol. The molecule has 0 atom stereocenters. The summed E-state index contributed by atoms with van der Waals surface area (Å²) in [5.41, 5.74) is 6.92. The van der Waals surface area contributed by atoms with Gasteiger partial charge in [0.15, 0.2) is 0 Å². The molecule has 2 aromatic rings. The summed E-state index contributed by atoms with van der Waals surface area (Å²) in [6.45, 7) is 1.97. The molecule has 2 rings (SSSR count). The zero-order chi connectivity index (χ0) is 12.3. The molecule has 1 aromatic carbocycles. The summed E-state index contributed by atoms with van der Waals surface area (Å²) in [6, 6.07) is 6.93. The monoisotopic (exact) mass is 233 g/mol. The van der Waals surface area contributed by atoms with Crippen LogP contribution in [0.3, 0.4) is 0 Å². The van der Waals surface area contributed by atoms with Crippen LogP contribution in [0.2, 0.25) is 0 Å². The van der Waals surface area contributed by atoms with E-state index in [1.807, 2.05) is 0 Å². The van der Waals surface area contributed by atoms with Crippen LogP contribution >= 0.6 is 0 Å². The minimum Gasteiger partial charge on any atom is -0.459 e. The maximum absolute atomic E-state index is 11.3. The topological polar surface area (TPSA) is 91.2 Å². The third kappa shape index (κ3) is 2.41. The van der Waals surface area contributed by atoms with E-state index in [-0.39, 0.29) is 12.5 Å². The lowest BCUT2D eigenvalue weighted by molar-refractivity contribution is 0.0470. The highest BCUT2D eigenvalue weighted by Gasteiger charge is 2.16. The smallest absolute Gasteiger partial charge is 0.397 e. The third-order valence-electron chi connectivity index (χ3n) is 2.04. The number of ether oxygens (including phenoxy) is 1. The fraction of sp³-hybridized carbons (Fsp3) is 0.182. The van der Waals surface area contributed by atoms with Crippen molar-refractivity contribution in [3.8, 4) is 11.4 Å². The second kappa shape index (κ2) is 4.65. The van der Waals surface area contributed by atoms with Gasteiger partial charge in [0.1, 0.15) is 0 Å². The van der Waals surface area contributed by atoms with Gasteiger partial charge in [0, 0.05) is 11.3 Å². The molecule has 0 spiro atoms. The summed E-state index contributed by atoms with van der Waals surface area (Å²) in [5, 5.41) is 3.69. The van der Waals surface area contributed by atoms with Gasteiger partial charge in [-0.2, -0.15) is 4.98 Å². The standard InChI is InChI=1S/C11H11N3O3/c1-2-16-11(15)10-13-9(14-17-10)7-3-5-8(12)6-4-7/h3-6H,2,12H2,1H3. The Bertz CT molecular complexity index is 519. The van der Waals surface area contributed by atoms with E-state index in [0.29, 0.717) is 11.5 Å². The molecule has 6 heteroatoms. The van der Waals surface area contributed by atoms with E-state index in [1.165, 1.54) is 0 Å². The number of nitrogen functional groups attached to an aromatic ring is 1. The Morgan fingerprint density at radius 2 is 2.12 bits per heavy atom. The van der Waals surface area contributed by atoms with Gasteiger partial charge in [-0.3, -0.25) is 0 Å². The number of rotatable bonds is 3. The maximum atomic E-state index is 11.3. The molecule has 0 unspecified atom stereocenters. The third-order valence-corrected chi connectivity index (χ3v) is 2.04. The predicted octanol–water partition coefficient (Wildman–Crippen LogP) is 1.50. The van der Waals surface area contributed by atoms with Crippen molar-refractivity contribution in [2.24, 2.45) is 0 Å². The molecule has 0 aliphatic carbocycles. The van der Waals surface area contributed by atoms with Crippen LogP contribution in [0, 0.1) is 0 Å². The zero-order valence-corrected chi connectivity index (χ0v) is 9.21. The highest BCUT2D eigenvalue weighted by atomic mass is 16.6. The van der Waals surface area contributed by atoms with Crippen molar-refractivity contribution in [1.29, 1.82) is 0 Å². The molecule has 17 heavy (non-hydrogen) atoms. The van der Waals surface area contributed by atoms with Gasteiger partial charge in [-0.1, -0.05) is 5.16 Å². The maximum Gasteiger partial charge on any atom is 0.397 e. The van der Waals surface area contributed by atoms with Gasteiger partial charge in [-0.25, -0.2) is 4.79 Å². The number of aromatic nitrogens is 2. The average Bonchev–Trinajstić information content (AvgIpc) is 2.80. The summed E-state index contributed by atoms with van der Waals surface area (Å²) in [4.78, 5) is 15.2. The van der Waals surface area contributed by atoms with Crippen molar-refractivity contribution < 1.29 is 14.1 Å². The highest BCUT2D eigenvalue weighted by Crippen LogP contribution is 2.17. The number of nitrogens with zero attached hydrogens (tertiary/aromatic N) is 2. The number of anilines is 1. The molecule has 6 nitrogen and oxygen atoms in total. The summed E-state index contributed by atoms with van der Waals surface area (Å²) in [5.74, 6) is -0.451. The lowest BCUT2D eigenvalue weighted by atomic mass is 10.2. The molecule has 0 aliphatic rings. The molecule has 0 radical (unpaired) electrons. The number of esters is 1. The summed E-state index contributed by atoms with van der Waals surface area (Å²) >= 11 is 0. The Hall–Kier alpha value is -2.37. The molecule has 0 bridgehead atoms. The van der Waals surface area contributed by atoms with Crippen molar-refractivity contribution in [2.45, 2.75) is 6.92 Å². The number of hydrogen-bond donors (Lipinski definition) is 1. The number of carbonyl (C=O) groups is 1. The van der Waals surface area contributed by atoms with Gasteiger partial charge in [0.2, 0.25) is 5.82 Å². The van der Waals surface area contributed by atoms with E-state index in [2.05, 4.69) is 10.1 Å². The molecule has 88 valence electrons. The fourth-order valence-corrected chi connectivity index (χ4v) is 1.25. The Morgan fingerprint density at radius 1 is 1.41 bits per heavy atom. The van der Waals surface area contributed by atoms with Crippen LogP contribution in [0.15, 0.2) is 28.8 Å². The SMILES string of the molecule is CCOC(=O)c1nc(-c2ccc(N)cc2)no1. The summed E-state index contributed by atoms with van der Waals surface area (Å²) in [7, 11) is 0. The first kappa shape index (κ1) is 11.1. The van der Waals surface area contributed by atoms with E-state index < -0.39 is 5.97 Å². The van der Waals surface area contributed by atoms with Crippen LogP contribution in [-0.4, -0.2) is 22.7 Å². The van der Waals surface area contributed by atoms with E-state index in [4.69, 9.17) is 15.0 Å². The molecule has 0 fully saturated rings. The molecular weight excluding hydrogens is 222 g/mol. The Balaban J connectivity index is 2.23. The number of nitrogens with two attached hydrogens (primary N) is 1. The molecule has 0 saturated heterocycles. The first-order valence-electron chi connectivity index (χ1n) is 5.07. The Labute approximate surface area is 97.4 Å². The van der Waals surface area contributed by atoms with Crippen molar-refractivity contribution in [2.75, 3.05) is 12.3 Å². The molecule has 0 aliphatic heterocycles. The van der Waals surface area contributed by atoms with Crippen LogP contribution < -0.4 is 5.73 Å². The fourth-order valence-electron chi connectivity index (χ4n) is 1.25. The van der Waals surface area contributed by atoms with Crippen LogP contribution in [0.1, 0.15) is 17.6 Å². The van der Waals surface area contributed by atoms with Crippen LogP contribution in [0.4, 0.5) is 5.69 Å². The van der Waals surface area contributed by atoms with Gasteiger partial charge in [0.05, 0.1) is 6.61 Å².